The molecular weight excluding hydrogens is 240 g/mol. The molecule has 3 heteroatoms. The van der Waals surface area contributed by atoms with Gasteiger partial charge in [0.05, 0.1) is 0 Å². The molecule has 0 aliphatic rings. The van der Waals surface area contributed by atoms with Crippen LogP contribution in [0.5, 0.6) is 0 Å². The summed E-state index contributed by atoms with van der Waals surface area (Å²) < 4.78 is 1.10. The van der Waals surface area contributed by atoms with E-state index < -0.39 is 0 Å². The van der Waals surface area contributed by atoms with E-state index in [9.17, 15) is 0 Å². The molecule has 0 amide bonds. The molecule has 0 bridgehead atoms. The number of hydrazine groups is 1. The van der Waals surface area contributed by atoms with Crippen molar-refractivity contribution in [3.63, 3.8) is 0 Å². The normalized spacial score (nSPS) is 13.2. The van der Waals surface area contributed by atoms with Crippen molar-refractivity contribution in [1.82, 2.24) is 5.43 Å². The molecule has 2 nitrogen and oxygen atoms in total. The third-order valence-electron chi connectivity index (χ3n) is 2.18. The standard InChI is InChI=1S/C11H17BrN2/c1-8(2)7-11(14-13)9-3-5-10(12)6-4-9/h3-6,8,11,14H,7,13H2,1-2H3. The highest BCUT2D eigenvalue weighted by Gasteiger charge is 2.10. The lowest BCUT2D eigenvalue weighted by Crippen LogP contribution is -2.28. The zero-order valence-corrected chi connectivity index (χ0v) is 10.2. The highest BCUT2D eigenvalue weighted by molar-refractivity contribution is 9.10. The first-order valence-electron chi connectivity index (χ1n) is 4.85. The van der Waals surface area contributed by atoms with Gasteiger partial charge in [0, 0.05) is 10.5 Å². The van der Waals surface area contributed by atoms with E-state index in [4.69, 9.17) is 5.84 Å². The Morgan fingerprint density at radius 1 is 1.29 bits per heavy atom. The van der Waals surface area contributed by atoms with Gasteiger partial charge in [0.25, 0.3) is 0 Å². The van der Waals surface area contributed by atoms with Crippen LogP contribution in [0.15, 0.2) is 28.7 Å². The van der Waals surface area contributed by atoms with Gasteiger partial charge in [-0.15, -0.1) is 0 Å². The lowest BCUT2D eigenvalue weighted by molar-refractivity contribution is 0.438. The molecule has 0 radical (unpaired) electrons. The quantitative estimate of drug-likeness (QED) is 0.642. The van der Waals surface area contributed by atoms with Crippen LogP contribution >= 0.6 is 15.9 Å². The Morgan fingerprint density at radius 3 is 2.29 bits per heavy atom. The Kier molecular flexibility index (Phi) is 4.58. The van der Waals surface area contributed by atoms with Crippen LogP contribution in [-0.2, 0) is 0 Å². The molecule has 1 aromatic carbocycles. The largest absolute Gasteiger partial charge is 0.271 e. The van der Waals surface area contributed by atoms with E-state index in [1.54, 1.807) is 0 Å². The van der Waals surface area contributed by atoms with Crippen molar-refractivity contribution >= 4 is 15.9 Å². The maximum absolute atomic E-state index is 5.53. The molecule has 1 rings (SSSR count). The van der Waals surface area contributed by atoms with Crippen LogP contribution < -0.4 is 11.3 Å². The van der Waals surface area contributed by atoms with Crippen molar-refractivity contribution in [3.8, 4) is 0 Å². The van der Waals surface area contributed by atoms with Gasteiger partial charge in [-0.3, -0.25) is 11.3 Å². The maximum atomic E-state index is 5.53. The molecule has 3 N–H and O–H groups in total. The van der Waals surface area contributed by atoms with E-state index in [0.717, 1.165) is 10.9 Å². The molecule has 14 heavy (non-hydrogen) atoms. The SMILES string of the molecule is CC(C)CC(NN)c1ccc(Br)cc1. The van der Waals surface area contributed by atoms with Crippen LogP contribution in [0.3, 0.4) is 0 Å². The lowest BCUT2D eigenvalue weighted by Gasteiger charge is -2.18. The van der Waals surface area contributed by atoms with Gasteiger partial charge in [-0.2, -0.15) is 0 Å². The fourth-order valence-electron chi connectivity index (χ4n) is 1.47. The average molecular weight is 257 g/mol. The maximum Gasteiger partial charge on any atom is 0.0462 e. The summed E-state index contributed by atoms with van der Waals surface area (Å²) in [5.74, 6) is 6.17. The third-order valence-corrected chi connectivity index (χ3v) is 2.71. The van der Waals surface area contributed by atoms with E-state index in [2.05, 4.69) is 47.3 Å². The molecule has 0 heterocycles. The number of nitrogens with two attached hydrogens (primary N) is 1. The smallest absolute Gasteiger partial charge is 0.0462 e. The Balaban J connectivity index is 2.73. The first kappa shape index (κ1) is 11.7. The first-order chi connectivity index (χ1) is 6.63. The van der Waals surface area contributed by atoms with Crippen LogP contribution in [0.4, 0.5) is 0 Å². The molecule has 0 aromatic heterocycles. The minimum Gasteiger partial charge on any atom is -0.271 e. The van der Waals surface area contributed by atoms with Gasteiger partial charge in [0.2, 0.25) is 0 Å². The zero-order chi connectivity index (χ0) is 10.6. The van der Waals surface area contributed by atoms with Gasteiger partial charge in [-0.05, 0) is 30.0 Å². The Hall–Kier alpha value is -0.380. The number of rotatable bonds is 4. The van der Waals surface area contributed by atoms with Gasteiger partial charge >= 0.3 is 0 Å². The summed E-state index contributed by atoms with van der Waals surface area (Å²) in [6.45, 7) is 4.40. The molecule has 78 valence electrons. The van der Waals surface area contributed by atoms with Gasteiger partial charge in [0.1, 0.15) is 0 Å². The molecule has 1 unspecified atom stereocenters. The van der Waals surface area contributed by atoms with E-state index in [-0.39, 0.29) is 6.04 Å². The highest BCUT2D eigenvalue weighted by Crippen LogP contribution is 2.21. The fraction of sp³-hybridized carbons (Fsp3) is 0.455. The second-order valence-corrected chi connectivity index (χ2v) is 4.82. The molecule has 1 atom stereocenters. The fourth-order valence-corrected chi connectivity index (χ4v) is 1.73. The van der Waals surface area contributed by atoms with Crippen LogP contribution in [0.1, 0.15) is 31.9 Å². The Bertz CT molecular complexity index is 269. The zero-order valence-electron chi connectivity index (χ0n) is 8.63. The molecule has 0 fully saturated rings. The minimum atomic E-state index is 0.253. The van der Waals surface area contributed by atoms with Gasteiger partial charge in [0.15, 0.2) is 0 Å². The predicted octanol–water partition coefficient (Wildman–Crippen LogP) is 3.00. The van der Waals surface area contributed by atoms with Crippen molar-refractivity contribution in [1.29, 1.82) is 0 Å². The van der Waals surface area contributed by atoms with Gasteiger partial charge < -0.3 is 0 Å². The number of hydrogen-bond acceptors (Lipinski definition) is 2. The number of hydrogen-bond donors (Lipinski definition) is 2. The summed E-state index contributed by atoms with van der Waals surface area (Å²) in [5.41, 5.74) is 4.09. The van der Waals surface area contributed by atoms with Crippen molar-refractivity contribution in [2.45, 2.75) is 26.3 Å². The molecule has 0 aliphatic heterocycles. The van der Waals surface area contributed by atoms with Crippen LogP contribution in [0.2, 0.25) is 0 Å². The van der Waals surface area contributed by atoms with Crippen LogP contribution in [0.25, 0.3) is 0 Å². The Labute approximate surface area is 94.0 Å². The average Bonchev–Trinajstić information content (AvgIpc) is 2.15. The molecule has 0 saturated carbocycles. The minimum absolute atomic E-state index is 0.253. The lowest BCUT2D eigenvalue weighted by atomic mass is 9.98. The third kappa shape index (κ3) is 3.40. The second-order valence-electron chi connectivity index (χ2n) is 3.90. The molecular formula is C11H17BrN2. The summed E-state index contributed by atoms with van der Waals surface area (Å²) in [6, 6.07) is 8.52. The topological polar surface area (TPSA) is 38.0 Å². The van der Waals surface area contributed by atoms with Gasteiger partial charge in [-0.25, -0.2) is 0 Å². The number of halogens is 1. The monoisotopic (exact) mass is 256 g/mol. The van der Waals surface area contributed by atoms with Crippen molar-refractivity contribution in [3.05, 3.63) is 34.3 Å². The van der Waals surface area contributed by atoms with Crippen molar-refractivity contribution in [2.24, 2.45) is 11.8 Å². The Morgan fingerprint density at radius 2 is 1.86 bits per heavy atom. The summed E-state index contributed by atoms with van der Waals surface area (Å²) >= 11 is 3.42. The number of nitrogens with one attached hydrogen (secondary N) is 1. The van der Waals surface area contributed by atoms with Crippen LogP contribution in [-0.4, -0.2) is 0 Å². The van der Waals surface area contributed by atoms with Crippen LogP contribution in [0, 0.1) is 5.92 Å². The van der Waals surface area contributed by atoms with Gasteiger partial charge in [-0.1, -0.05) is 41.9 Å². The molecule has 0 saturated heterocycles. The van der Waals surface area contributed by atoms with E-state index >= 15 is 0 Å². The second kappa shape index (κ2) is 5.49. The summed E-state index contributed by atoms with van der Waals surface area (Å²) in [4.78, 5) is 0. The van der Waals surface area contributed by atoms with Crippen molar-refractivity contribution < 1.29 is 0 Å². The van der Waals surface area contributed by atoms with E-state index in [1.807, 2.05) is 12.1 Å². The molecule has 0 aliphatic carbocycles. The summed E-state index contributed by atoms with van der Waals surface area (Å²) in [6.07, 6.45) is 1.05. The van der Waals surface area contributed by atoms with Crippen molar-refractivity contribution in [2.75, 3.05) is 0 Å². The van der Waals surface area contributed by atoms with E-state index in [1.165, 1.54) is 5.56 Å². The first-order valence-corrected chi connectivity index (χ1v) is 5.64. The summed E-state index contributed by atoms with van der Waals surface area (Å²) in [5, 5.41) is 0. The molecule has 1 aromatic rings. The number of benzene rings is 1. The summed E-state index contributed by atoms with van der Waals surface area (Å²) in [7, 11) is 0. The van der Waals surface area contributed by atoms with E-state index in [0.29, 0.717) is 5.92 Å². The highest BCUT2D eigenvalue weighted by atomic mass is 79.9. The predicted molar refractivity (Wildman–Crippen MR) is 63.7 cm³/mol. The molecule has 0 spiro atoms.